The molecule has 0 spiro atoms. The molecule has 0 bridgehead atoms. The maximum absolute atomic E-state index is 13.5. The fourth-order valence-corrected chi connectivity index (χ4v) is 5.97. The molecule has 1 aliphatic rings. The van der Waals surface area contributed by atoms with E-state index in [2.05, 4.69) is 46.0 Å². The zero-order valence-corrected chi connectivity index (χ0v) is 27.5. The van der Waals surface area contributed by atoms with Crippen molar-refractivity contribution in [1.29, 1.82) is 0 Å². The van der Waals surface area contributed by atoms with E-state index >= 15 is 0 Å². The third-order valence-corrected chi connectivity index (χ3v) is 8.41. The Balaban J connectivity index is 1.22. The number of nitrogens with two attached hydrogens (primary N) is 1. The van der Waals surface area contributed by atoms with Crippen LogP contribution in [-0.2, 0) is 9.59 Å². The van der Waals surface area contributed by atoms with E-state index in [-0.39, 0.29) is 35.9 Å². The van der Waals surface area contributed by atoms with Gasteiger partial charge in [-0.3, -0.25) is 14.5 Å². The summed E-state index contributed by atoms with van der Waals surface area (Å²) < 4.78 is 0. The molecule has 10 heteroatoms. The number of H-pyrrole nitrogens is 2. The molecule has 2 aromatic heterocycles. The third kappa shape index (κ3) is 7.39. The molecule has 1 fully saturated rings. The predicted molar refractivity (Wildman–Crippen MR) is 180 cm³/mol. The number of carbonyl (C=O) groups excluding carboxylic acids is 2. The van der Waals surface area contributed by atoms with Crippen molar-refractivity contribution in [2.75, 3.05) is 20.6 Å². The number of likely N-dealkylation sites (N-methyl/N-ethyl adjacent to an activating group) is 1. The van der Waals surface area contributed by atoms with Gasteiger partial charge in [-0.25, -0.2) is 9.97 Å². The van der Waals surface area contributed by atoms with Crippen LogP contribution in [-0.4, -0.2) is 74.3 Å². The molecule has 2 aromatic carbocycles. The number of hydrogen-bond acceptors (Lipinski definition) is 6. The van der Waals surface area contributed by atoms with Gasteiger partial charge in [-0.15, -0.1) is 0 Å². The van der Waals surface area contributed by atoms with Crippen LogP contribution in [0.25, 0.3) is 22.5 Å². The number of nitrogens with zero attached hydrogens (tertiary/aromatic N) is 4. The molecular weight excluding hydrogens is 576 g/mol. The summed E-state index contributed by atoms with van der Waals surface area (Å²) in [5.74, 6) is 8.16. The molecule has 1 aliphatic heterocycles. The molecule has 4 aromatic rings. The predicted octanol–water partition coefficient (Wildman–Crippen LogP) is 4.64. The fourth-order valence-electron chi connectivity index (χ4n) is 5.97. The Morgan fingerprint density at radius 3 is 2.02 bits per heavy atom. The monoisotopic (exact) mass is 620 g/mol. The van der Waals surface area contributed by atoms with Crippen LogP contribution in [0.4, 0.5) is 0 Å². The van der Waals surface area contributed by atoms with E-state index < -0.39 is 6.04 Å². The van der Waals surface area contributed by atoms with Crippen molar-refractivity contribution >= 4 is 11.8 Å². The van der Waals surface area contributed by atoms with Crippen molar-refractivity contribution in [1.82, 2.24) is 35.1 Å². The van der Waals surface area contributed by atoms with Crippen molar-refractivity contribution in [3.05, 3.63) is 83.7 Å². The van der Waals surface area contributed by atoms with Gasteiger partial charge in [0.15, 0.2) is 0 Å². The summed E-state index contributed by atoms with van der Waals surface area (Å²) >= 11 is 0. The number of nitrogens with one attached hydrogen (secondary N) is 3. The van der Waals surface area contributed by atoms with Crippen LogP contribution in [0.2, 0.25) is 0 Å². The number of aromatic nitrogens is 4. The molecular formula is C36H44N8O2. The van der Waals surface area contributed by atoms with Crippen LogP contribution in [0.1, 0.15) is 75.4 Å². The van der Waals surface area contributed by atoms with Crippen molar-refractivity contribution in [3.63, 3.8) is 0 Å². The number of aromatic amines is 2. The maximum Gasteiger partial charge on any atom is 0.240 e. The SMILES string of the molecule is CC(N)C(=O)N[C@@H](C)c1ncc(-c2ccc(C#Cc3ccc(-c4cnc([C@@H]5CCCN5C(=O)[C@H](C(C)C)N(C)C)[nH]4)cc3)cc2)[nH]1. The second-order valence-electron chi connectivity index (χ2n) is 12.6. The summed E-state index contributed by atoms with van der Waals surface area (Å²) in [5.41, 5.74) is 11.2. The van der Waals surface area contributed by atoms with Crippen molar-refractivity contribution in [2.24, 2.45) is 11.7 Å². The molecule has 240 valence electrons. The lowest BCUT2D eigenvalue weighted by molar-refractivity contribution is -0.138. The molecule has 0 saturated carbocycles. The topological polar surface area (TPSA) is 136 Å². The smallest absolute Gasteiger partial charge is 0.240 e. The van der Waals surface area contributed by atoms with Crippen LogP contribution in [0.5, 0.6) is 0 Å². The molecule has 0 radical (unpaired) electrons. The minimum absolute atomic E-state index is 0.0363. The van der Waals surface area contributed by atoms with Gasteiger partial charge in [0, 0.05) is 17.7 Å². The lowest BCUT2D eigenvalue weighted by atomic mass is 10.0. The van der Waals surface area contributed by atoms with E-state index in [4.69, 9.17) is 10.7 Å². The van der Waals surface area contributed by atoms with Gasteiger partial charge in [0.1, 0.15) is 11.6 Å². The summed E-state index contributed by atoms with van der Waals surface area (Å²) in [6, 6.07) is 15.0. The molecule has 10 nitrogen and oxygen atoms in total. The van der Waals surface area contributed by atoms with Gasteiger partial charge in [0.25, 0.3) is 0 Å². The number of benzene rings is 2. The Hall–Kier alpha value is -4.72. The maximum atomic E-state index is 13.5. The molecule has 1 unspecified atom stereocenters. The third-order valence-electron chi connectivity index (χ3n) is 8.41. The molecule has 3 heterocycles. The first kappa shape index (κ1) is 32.7. The molecule has 2 amide bonds. The summed E-state index contributed by atoms with van der Waals surface area (Å²) in [7, 11) is 3.94. The van der Waals surface area contributed by atoms with Gasteiger partial charge < -0.3 is 25.9 Å². The van der Waals surface area contributed by atoms with Crippen molar-refractivity contribution < 1.29 is 9.59 Å². The van der Waals surface area contributed by atoms with E-state index in [0.29, 0.717) is 5.82 Å². The van der Waals surface area contributed by atoms with E-state index in [1.54, 1.807) is 13.1 Å². The van der Waals surface area contributed by atoms with Gasteiger partial charge in [0.05, 0.1) is 47.9 Å². The lowest BCUT2D eigenvalue weighted by Gasteiger charge is -2.33. The highest BCUT2D eigenvalue weighted by molar-refractivity contribution is 5.83. The minimum atomic E-state index is -0.577. The first-order valence-electron chi connectivity index (χ1n) is 15.9. The lowest BCUT2D eigenvalue weighted by Crippen LogP contribution is -2.48. The van der Waals surface area contributed by atoms with Gasteiger partial charge in [-0.2, -0.15) is 0 Å². The Morgan fingerprint density at radius 2 is 1.48 bits per heavy atom. The summed E-state index contributed by atoms with van der Waals surface area (Å²) in [6.45, 7) is 8.46. The van der Waals surface area contributed by atoms with E-state index in [1.165, 1.54) is 0 Å². The number of carbonyl (C=O) groups is 2. The van der Waals surface area contributed by atoms with E-state index in [0.717, 1.165) is 58.9 Å². The molecule has 4 atom stereocenters. The highest BCUT2D eigenvalue weighted by Crippen LogP contribution is 2.33. The number of hydrogen-bond donors (Lipinski definition) is 4. The summed E-state index contributed by atoms with van der Waals surface area (Å²) in [6.07, 6.45) is 5.48. The Kier molecular flexibility index (Phi) is 10.0. The number of rotatable bonds is 9. The van der Waals surface area contributed by atoms with Gasteiger partial charge in [0.2, 0.25) is 11.8 Å². The fraction of sp³-hybridized carbons (Fsp3) is 0.389. The molecule has 0 aliphatic carbocycles. The normalized spacial score (nSPS) is 16.6. The molecule has 46 heavy (non-hydrogen) atoms. The first-order valence-corrected chi connectivity index (χ1v) is 15.9. The molecule has 5 N–H and O–H groups in total. The number of imidazole rings is 2. The zero-order chi connectivity index (χ0) is 33.0. The van der Waals surface area contributed by atoms with Crippen LogP contribution in [0.3, 0.4) is 0 Å². The summed E-state index contributed by atoms with van der Waals surface area (Å²) in [4.78, 5) is 45.2. The number of amides is 2. The van der Waals surface area contributed by atoms with Crippen LogP contribution < -0.4 is 11.1 Å². The Morgan fingerprint density at radius 1 is 0.913 bits per heavy atom. The van der Waals surface area contributed by atoms with Crippen LogP contribution in [0.15, 0.2) is 60.9 Å². The average Bonchev–Trinajstić information content (AvgIpc) is 3.81. The zero-order valence-electron chi connectivity index (χ0n) is 27.5. The quantitative estimate of drug-likeness (QED) is 0.201. The van der Waals surface area contributed by atoms with Crippen LogP contribution >= 0.6 is 0 Å². The molecule has 1 saturated heterocycles. The summed E-state index contributed by atoms with van der Waals surface area (Å²) in [5, 5.41) is 2.85. The number of likely N-dealkylation sites (tertiary alicyclic amines) is 1. The average molecular weight is 621 g/mol. The van der Waals surface area contributed by atoms with E-state index in [9.17, 15) is 9.59 Å². The van der Waals surface area contributed by atoms with Crippen LogP contribution in [0, 0.1) is 17.8 Å². The highest BCUT2D eigenvalue weighted by Gasteiger charge is 2.37. The first-order chi connectivity index (χ1) is 22.0. The minimum Gasteiger partial charge on any atom is -0.345 e. The van der Waals surface area contributed by atoms with Crippen molar-refractivity contribution in [3.8, 4) is 34.4 Å². The van der Waals surface area contributed by atoms with Crippen molar-refractivity contribution in [2.45, 2.75) is 64.7 Å². The standard InChI is InChI=1S/C36H44N8O2/c1-22(2)32(43(5)6)36(46)44-19-7-8-31(44)34-39-21-30(42-34)28-17-13-26(14-18-28)10-9-25-11-15-27(16-12-25)29-20-38-33(41-29)24(4)40-35(45)23(3)37/h11-18,20-24,31-32H,7-8,19,37H2,1-6H3,(H,38,41)(H,39,42)(H,40,45)/t23?,24-,31-,32-/m0/s1. The van der Waals surface area contributed by atoms with Gasteiger partial charge in [-0.05, 0) is 82.1 Å². The highest BCUT2D eigenvalue weighted by atomic mass is 16.2. The second-order valence-corrected chi connectivity index (χ2v) is 12.6. The largest absolute Gasteiger partial charge is 0.345 e. The van der Waals surface area contributed by atoms with Gasteiger partial charge >= 0.3 is 0 Å². The Bertz CT molecular complexity index is 1700. The van der Waals surface area contributed by atoms with Gasteiger partial charge in [-0.1, -0.05) is 50.0 Å². The second kappa shape index (κ2) is 14.1. The molecule has 5 rings (SSSR count). The Labute approximate surface area is 271 Å². The van der Waals surface area contributed by atoms with E-state index in [1.807, 2.05) is 85.5 Å².